The van der Waals surface area contributed by atoms with E-state index in [1.165, 1.54) is 0 Å². The van der Waals surface area contributed by atoms with Crippen LogP contribution in [0.5, 0.6) is 0 Å². The normalized spacial score (nSPS) is 11.3. The Hall–Kier alpha value is -1.36. The third-order valence-electron chi connectivity index (χ3n) is 3.61. The lowest BCUT2D eigenvalue weighted by atomic mass is 10.0. The highest BCUT2D eigenvalue weighted by Gasteiger charge is 2.25. The van der Waals surface area contributed by atoms with Crippen molar-refractivity contribution in [2.24, 2.45) is 0 Å². The van der Waals surface area contributed by atoms with E-state index in [-0.39, 0.29) is 10.7 Å². The van der Waals surface area contributed by atoms with Crippen LogP contribution in [0.1, 0.15) is 37.0 Å². The summed E-state index contributed by atoms with van der Waals surface area (Å²) < 4.78 is 0.0955. The fraction of sp³-hybridized carbons (Fsp3) is 0.500. The molecule has 4 nitrogen and oxygen atoms in total. The highest BCUT2D eigenvalue weighted by atomic mass is 32.2. The molecule has 0 saturated heterocycles. The zero-order valence-electron chi connectivity index (χ0n) is 11.8. The zero-order chi connectivity index (χ0) is 14.5. The van der Waals surface area contributed by atoms with Gasteiger partial charge in [0.25, 0.3) is 5.91 Å². The minimum Gasteiger partial charge on any atom is -0.399 e. The largest absolute Gasteiger partial charge is 0.399 e. The van der Waals surface area contributed by atoms with Gasteiger partial charge in [-0.3, -0.25) is 4.79 Å². The van der Waals surface area contributed by atoms with Gasteiger partial charge in [0.2, 0.25) is 0 Å². The van der Waals surface area contributed by atoms with E-state index in [9.17, 15) is 4.79 Å². The average molecular weight is 281 g/mol. The molecule has 1 rings (SSSR count). The molecule has 19 heavy (non-hydrogen) atoms. The maximum absolute atomic E-state index is 12.1. The number of amides is 1. The third-order valence-corrected chi connectivity index (χ3v) is 5.20. The molecule has 1 aromatic carbocycles. The lowest BCUT2D eigenvalue weighted by molar-refractivity contribution is 0.0950. The van der Waals surface area contributed by atoms with Crippen molar-refractivity contribution in [3.63, 3.8) is 0 Å². The SMILES string of the molecule is CCC(CC)(CNC(=O)c1ccc(N)cc1N)SC. The fourth-order valence-electron chi connectivity index (χ4n) is 1.99. The molecule has 5 heteroatoms. The second kappa shape index (κ2) is 6.70. The van der Waals surface area contributed by atoms with Gasteiger partial charge in [0.1, 0.15) is 0 Å². The lowest BCUT2D eigenvalue weighted by Crippen LogP contribution is -2.39. The fourth-order valence-corrected chi connectivity index (χ4v) is 2.78. The summed E-state index contributed by atoms with van der Waals surface area (Å²) in [5.74, 6) is -0.141. The van der Waals surface area contributed by atoms with Crippen molar-refractivity contribution in [3.8, 4) is 0 Å². The molecule has 0 fully saturated rings. The van der Waals surface area contributed by atoms with Crippen LogP contribution in [0, 0.1) is 0 Å². The molecular weight excluding hydrogens is 258 g/mol. The summed E-state index contributed by atoms with van der Waals surface area (Å²) in [5, 5.41) is 2.97. The van der Waals surface area contributed by atoms with E-state index >= 15 is 0 Å². The standard InChI is InChI=1S/C14H23N3OS/c1-4-14(5-2,19-3)9-17-13(18)11-7-6-10(15)8-12(11)16/h6-8H,4-5,9,15-16H2,1-3H3,(H,17,18). The Morgan fingerprint density at radius 3 is 2.42 bits per heavy atom. The maximum Gasteiger partial charge on any atom is 0.253 e. The van der Waals surface area contributed by atoms with Gasteiger partial charge in [-0.15, -0.1) is 0 Å². The Balaban J connectivity index is 2.75. The van der Waals surface area contributed by atoms with Crippen LogP contribution in [0.4, 0.5) is 11.4 Å². The molecule has 0 radical (unpaired) electrons. The Labute approximate surface area is 119 Å². The van der Waals surface area contributed by atoms with Gasteiger partial charge in [0, 0.05) is 22.7 Å². The third kappa shape index (κ3) is 3.80. The van der Waals surface area contributed by atoms with Gasteiger partial charge in [0.05, 0.1) is 5.56 Å². The first-order valence-corrected chi connectivity index (χ1v) is 7.69. The molecule has 106 valence electrons. The summed E-state index contributed by atoms with van der Waals surface area (Å²) in [7, 11) is 0. The highest BCUT2D eigenvalue weighted by molar-refractivity contribution is 8.00. The molecule has 1 aromatic rings. The van der Waals surface area contributed by atoms with Crippen molar-refractivity contribution in [2.45, 2.75) is 31.4 Å². The van der Waals surface area contributed by atoms with Crippen molar-refractivity contribution < 1.29 is 4.79 Å². The second-order valence-electron chi connectivity index (χ2n) is 4.62. The summed E-state index contributed by atoms with van der Waals surface area (Å²) in [6.07, 6.45) is 4.11. The van der Waals surface area contributed by atoms with Crippen LogP contribution in [-0.4, -0.2) is 23.5 Å². The molecular formula is C14H23N3OS. The van der Waals surface area contributed by atoms with Crippen LogP contribution in [0.3, 0.4) is 0 Å². The van der Waals surface area contributed by atoms with Gasteiger partial charge in [-0.25, -0.2) is 0 Å². The summed E-state index contributed by atoms with van der Waals surface area (Å²) in [6.45, 7) is 4.93. The summed E-state index contributed by atoms with van der Waals surface area (Å²) in [4.78, 5) is 12.1. The number of benzene rings is 1. The number of rotatable bonds is 6. The van der Waals surface area contributed by atoms with Gasteiger partial charge in [-0.05, 0) is 37.3 Å². The zero-order valence-corrected chi connectivity index (χ0v) is 12.6. The molecule has 0 aromatic heterocycles. The monoisotopic (exact) mass is 281 g/mol. The van der Waals surface area contributed by atoms with Crippen LogP contribution in [0.2, 0.25) is 0 Å². The molecule has 0 saturated carbocycles. The molecule has 0 unspecified atom stereocenters. The predicted molar refractivity (Wildman–Crippen MR) is 84.4 cm³/mol. The second-order valence-corrected chi connectivity index (χ2v) is 5.90. The molecule has 0 bridgehead atoms. The highest BCUT2D eigenvalue weighted by Crippen LogP contribution is 2.29. The van der Waals surface area contributed by atoms with Crippen molar-refractivity contribution in [3.05, 3.63) is 23.8 Å². The van der Waals surface area contributed by atoms with Crippen molar-refractivity contribution in [1.82, 2.24) is 5.32 Å². The van der Waals surface area contributed by atoms with Gasteiger partial charge in [0.15, 0.2) is 0 Å². The minimum atomic E-state index is -0.141. The van der Waals surface area contributed by atoms with Crippen LogP contribution in [0.15, 0.2) is 18.2 Å². The van der Waals surface area contributed by atoms with E-state index in [0.717, 1.165) is 12.8 Å². The Morgan fingerprint density at radius 2 is 1.95 bits per heavy atom. The first kappa shape index (κ1) is 15.7. The first-order valence-electron chi connectivity index (χ1n) is 6.46. The molecule has 5 N–H and O–H groups in total. The van der Waals surface area contributed by atoms with E-state index in [4.69, 9.17) is 11.5 Å². The van der Waals surface area contributed by atoms with Crippen LogP contribution in [0.25, 0.3) is 0 Å². The van der Waals surface area contributed by atoms with Crippen LogP contribution < -0.4 is 16.8 Å². The molecule has 0 heterocycles. The topological polar surface area (TPSA) is 81.1 Å². The smallest absolute Gasteiger partial charge is 0.253 e. The van der Waals surface area contributed by atoms with E-state index in [1.807, 2.05) is 0 Å². The number of carbonyl (C=O) groups excluding carboxylic acids is 1. The van der Waals surface area contributed by atoms with Gasteiger partial charge in [-0.2, -0.15) is 11.8 Å². The van der Waals surface area contributed by atoms with Crippen LogP contribution in [-0.2, 0) is 0 Å². The number of nitrogens with two attached hydrogens (primary N) is 2. The van der Waals surface area contributed by atoms with Gasteiger partial charge < -0.3 is 16.8 Å². The summed E-state index contributed by atoms with van der Waals surface area (Å²) in [5.41, 5.74) is 12.9. The predicted octanol–water partition coefficient (Wildman–Crippen LogP) is 2.50. The number of thioether (sulfide) groups is 1. The lowest BCUT2D eigenvalue weighted by Gasteiger charge is -2.29. The Morgan fingerprint density at radius 1 is 1.32 bits per heavy atom. The van der Waals surface area contributed by atoms with Crippen molar-refractivity contribution in [1.29, 1.82) is 0 Å². The molecule has 0 atom stereocenters. The van der Waals surface area contributed by atoms with Gasteiger partial charge in [-0.1, -0.05) is 13.8 Å². The maximum atomic E-state index is 12.1. The average Bonchev–Trinajstić information content (AvgIpc) is 2.40. The van der Waals surface area contributed by atoms with E-state index in [2.05, 4.69) is 25.4 Å². The number of nitrogens with one attached hydrogen (secondary N) is 1. The van der Waals surface area contributed by atoms with Crippen molar-refractivity contribution >= 4 is 29.0 Å². The van der Waals surface area contributed by atoms with Crippen LogP contribution >= 0.6 is 11.8 Å². The van der Waals surface area contributed by atoms with E-state index < -0.39 is 0 Å². The minimum absolute atomic E-state index is 0.0955. The molecule has 0 aliphatic heterocycles. The summed E-state index contributed by atoms with van der Waals surface area (Å²) in [6, 6.07) is 4.96. The van der Waals surface area contributed by atoms with Gasteiger partial charge >= 0.3 is 0 Å². The van der Waals surface area contributed by atoms with E-state index in [1.54, 1.807) is 30.0 Å². The Bertz CT molecular complexity index is 436. The quantitative estimate of drug-likeness (QED) is 0.700. The summed E-state index contributed by atoms with van der Waals surface area (Å²) >= 11 is 1.80. The number of anilines is 2. The first-order chi connectivity index (χ1) is 8.98. The number of carbonyl (C=O) groups is 1. The Kier molecular flexibility index (Phi) is 5.54. The number of hydrogen-bond acceptors (Lipinski definition) is 4. The molecule has 0 aliphatic carbocycles. The number of hydrogen-bond donors (Lipinski definition) is 3. The molecule has 0 aliphatic rings. The molecule has 0 spiro atoms. The van der Waals surface area contributed by atoms with Crippen molar-refractivity contribution in [2.75, 3.05) is 24.3 Å². The molecule has 1 amide bonds. The van der Waals surface area contributed by atoms with E-state index in [0.29, 0.717) is 23.5 Å². The number of nitrogen functional groups attached to an aromatic ring is 2.